The minimum atomic E-state index is -3.75. The summed E-state index contributed by atoms with van der Waals surface area (Å²) >= 11 is 0. The van der Waals surface area contributed by atoms with Crippen LogP contribution in [0.4, 0.5) is 0 Å². The Hall–Kier alpha value is -2.05. The minimum Gasteiger partial charge on any atom is -0.497 e. The van der Waals surface area contributed by atoms with Gasteiger partial charge in [0.1, 0.15) is 11.5 Å². The van der Waals surface area contributed by atoms with E-state index in [2.05, 4.69) is 0 Å². The molecule has 0 aromatic heterocycles. The van der Waals surface area contributed by atoms with Crippen molar-refractivity contribution in [2.24, 2.45) is 5.92 Å². The summed E-state index contributed by atoms with van der Waals surface area (Å²) < 4.78 is 40.6. The van der Waals surface area contributed by atoms with Crippen molar-refractivity contribution in [2.45, 2.75) is 18.2 Å². The van der Waals surface area contributed by atoms with Gasteiger partial charge >= 0.3 is 0 Å². The van der Waals surface area contributed by atoms with E-state index in [1.807, 2.05) is 25.1 Å². The first kappa shape index (κ1) is 16.8. The van der Waals surface area contributed by atoms with E-state index in [1.54, 1.807) is 31.4 Å². The van der Waals surface area contributed by atoms with Gasteiger partial charge in [-0.1, -0.05) is 17.7 Å². The molecule has 3 rings (SSSR count). The predicted molar refractivity (Wildman–Crippen MR) is 90.0 cm³/mol. The Balaban J connectivity index is 1.66. The lowest BCUT2D eigenvalue weighted by atomic mass is 9.97. The molecule has 0 N–H and O–H groups in total. The van der Waals surface area contributed by atoms with Gasteiger partial charge < -0.3 is 9.47 Å². The second kappa shape index (κ2) is 6.83. The van der Waals surface area contributed by atoms with Crippen LogP contribution in [-0.4, -0.2) is 28.7 Å². The summed E-state index contributed by atoms with van der Waals surface area (Å²) in [6.07, 6.45) is 0.690. The molecule has 6 heteroatoms. The zero-order valence-electron chi connectivity index (χ0n) is 13.7. The van der Waals surface area contributed by atoms with Crippen molar-refractivity contribution in [1.29, 1.82) is 0 Å². The van der Waals surface area contributed by atoms with Gasteiger partial charge in [0, 0.05) is 5.92 Å². The number of fused-ring (bicyclic) bond motifs is 1. The summed E-state index contributed by atoms with van der Waals surface area (Å²) in [6, 6.07) is 12.2. The first-order valence-corrected chi connectivity index (χ1v) is 9.14. The van der Waals surface area contributed by atoms with Crippen LogP contribution in [0, 0.1) is 12.8 Å². The highest BCUT2D eigenvalue weighted by atomic mass is 32.2. The topological polar surface area (TPSA) is 61.8 Å². The Bertz CT molecular complexity index is 812. The zero-order valence-corrected chi connectivity index (χ0v) is 14.5. The molecule has 0 saturated heterocycles. The Kier molecular flexibility index (Phi) is 4.78. The van der Waals surface area contributed by atoms with E-state index in [0.29, 0.717) is 13.0 Å². The molecule has 0 saturated carbocycles. The summed E-state index contributed by atoms with van der Waals surface area (Å²) in [5.41, 5.74) is 2.00. The van der Waals surface area contributed by atoms with Gasteiger partial charge in [0.05, 0.1) is 25.2 Å². The largest absolute Gasteiger partial charge is 0.497 e. The third kappa shape index (κ3) is 3.71. The molecular formula is C18H20O5S. The van der Waals surface area contributed by atoms with Crippen molar-refractivity contribution in [3.05, 3.63) is 53.6 Å². The first-order valence-electron chi connectivity index (χ1n) is 7.74. The van der Waals surface area contributed by atoms with Crippen molar-refractivity contribution in [2.75, 3.05) is 20.3 Å². The third-order valence-corrected chi connectivity index (χ3v) is 5.32. The number of benzene rings is 2. The number of hydrogen-bond acceptors (Lipinski definition) is 5. The molecule has 0 bridgehead atoms. The molecule has 2 aromatic carbocycles. The van der Waals surface area contributed by atoms with Crippen LogP contribution < -0.4 is 9.47 Å². The summed E-state index contributed by atoms with van der Waals surface area (Å²) in [5, 5.41) is 0. The predicted octanol–water partition coefficient (Wildman–Crippen LogP) is 2.96. The highest BCUT2D eigenvalue weighted by molar-refractivity contribution is 7.86. The first-order chi connectivity index (χ1) is 11.5. The number of ether oxygens (including phenoxy) is 2. The summed E-state index contributed by atoms with van der Waals surface area (Å²) in [6.45, 7) is 2.43. The van der Waals surface area contributed by atoms with Crippen LogP contribution in [0.1, 0.15) is 11.1 Å². The van der Waals surface area contributed by atoms with E-state index in [4.69, 9.17) is 13.7 Å². The van der Waals surface area contributed by atoms with Gasteiger partial charge in [0.15, 0.2) is 0 Å². The SMILES string of the molecule is COc1ccc2c(c1)CC(COS(=O)(=O)c1ccc(C)cc1)CO2. The Morgan fingerprint density at radius 2 is 1.92 bits per heavy atom. The lowest BCUT2D eigenvalue weighted by Crippen LogP contribution is -2.26. The highest BCUT2D eigenvalue weighted by Crippen LogP contribution is 2.31. The molecule has 128 valence electrons. The smallest absolute Gasteiger partial charge is 0.296 e. The van der Waals surface area contributed by atoms with E-state index in [1.165, 1.54) is 0 Å². The lowest BCUT2D eigenvalue weighted by molar-refractivity contribution is 0.162. The van der Waals surface area contributed by atoms with Crippen LogP contribution in [0.5, 0.6) is 11.5 Å². The van der Waals surface area contributed by atoms with Gasteiger partial charge in [-0.2, -0.15) is 8.42 Å². The Labute approximate surface area is 142 Å². The number of rotatable bonds is 5. The average molecular weight is 348 g/mol. The summed E-state index contributed by atoms with van der Waals surface area (Å²) in [4.78, 5) is 0.173. The van der Waals surface area contributed by atoms with Gasteiger partial charge in [-0.3, -0.25) is 4.18 Å². The molecule has 0 aliphatic carbocycles. The van der Waals surface area contributed by atoms with E-state index in [0.717, 1.165) is 22.6 Å². The second-order valence-electron chi connectivity index (χ2n) is 5.91. The van der Waals surface area contributed by atoms with E-state index >= 15 is 0 Å². The molecule has 1 heterocycles. The third-order valence-electron chi connectivity index (χ3n) is 4.02. The van der Waals surface area contributed by atoms with Crippen LogP contribution in [0.15, 0.2) is 47.4 Å². The summed E-state index contributed by atoms with van der Waals surface area (Å²) in [7, 11) is -2.14. The molecule has 5 nitrogen and oxygen atoms in total. The second-order valence-corrected chi connectivity index (χ2v) is 7.52. The number of hydrogen-bond donors (Lipinski definition) is 0. The van der Waals surface area contributed by atoms with Gasteiger partial charge in [-0.25, -0.2) is 0 Å². The molecular weight excluding hydrogens is 328 g/mol. The molecule has 2 aromatic rings. The van der Waals surface area contributed by atoms with Crippen molar-refractivity contribution < 1.29 is 22.1 Å². The van der Waals surface area contributed by atoms with Crippen molar-refractivity contribution >= 4 is 10.1 Å². The monoisotopic (exact) mass is 348 g/mol. The maximum atomic E-state index is 12.2. The molecule has 0 amide bonds. The van der Waals surface area contributed by atoms with Crippen molar-refractivity contribution in [3.8, 4) is 11.5 Å². The van der Waals surface area contributed by atoms with Crippen LogP contribution in [0.25, 0.3) is 0 Å². The normalized spacial score (nSPS) is 17.0. The highest BCUT2D eigenvalue weighted by Gasteiger charge is 2.24. The van der Waals surface area contributed by atoms with Crippen LogP contribution in [0.3, 0.4) is 0 Å². The van der Waals surface area contributed by atoms with E-state index in [-0.39, 0.29) is 17.4 Å². The zero-order chi connectivity index (χ0) is 17.2. The van der Waals surface area contributed by atoms with Crippen LogP contribution in [0.2, 0.25) is 0 Å². The fourth-order valence-electron chi connectivity index (χ4n) is 2.63. The quantitative estimate of drug-likeness (QED) is 0.778. The van der Waals surface area contributed by atoms with Gasteiger partial charge in [-0.05, 0) is 49.2 Å². The van der Waals surface area contributed by atoms with Crippen LogP contribution in [-0.2, 0) is 20.7 Å². The van der Waals surface area contributed by atoms with Gasteiger partial charge in [0.2, 0.25) is 0 Å². The molecule has 0 spiro atoms. The Morgan fingerprint density at radius 3 is 2.62 bits per heavy atom. The molecule has 24 heavy (non-hydrogen) atoms. The van der Waals surface area contributed by atoms with E-state index in [9.17, 15) is 8.42 Å². The summed E-state index contributed by atoms with van der Waals surface area (Å²) in [5.74, 6) is 1.55. The average Bonchev–Trinajstić information content (AvgIpc) is 2.59. The standard InChI is InChI=1S/C18H20O5S/c1-13-3-6-17(7-4-13)24(19,20)23-12-14-9-15-10-16(21-2)5-8-18(15)22-11-14/h3-8,10,14H,9,11-12H2,1-2H3. The molecule has 1 unspecified atom stereocenters. The number of methoxy groups -OCH3 is 1. The lowest BCUT2D eigenvalue weighted by Gasteiger charge is -2.25. The molecule has 0 fully saturated rings. The molecule has 0 radical (unpaired) electrons. The maximum Gasteiger partial charge on any atom is 0.296 e. The van der Waals surface area contributed by atoms with Crippen LogP contribution >= 0.6 is 0 Å². The minimum absolute atomic E-state index is 0.0233. The molecule has 1 aliphatic rings. The van der Waals surface area contributed by atoms with Crippen molar-refractivity contribution in [1.82, 2.24) is 0 Å². The molecule has 1 aliphatic heterocycles. The van der Waals surface area contributed by atoms with Gasteiger partial charge in [0.25, 0.3) is 10.1 Å². The molecule has 1 atom stereocenters. The van der Waals surface area contributed by atoms with Gasteiger partial charge in [-0.15, -0.1) is 0 Å². The number of aryl methyl sites for hydroxylation is 1. The maximum absolute atomic E-state index is 12.2. The van der Waals surface area contributed by atoms with Crippen molar-refractivity contribution in [3.63, 3.8) is 0 Å². The fourth-order valence-corrected chi connectivity index (χ4v) is 3.60. The van der Waals surface area contributed by atoms with E-state index < -0.39 is 10.1 Å². The fraction of sp³-hybridized carbons (Fsp3) is 0.333. The Morgan fingerprint density at radius 1 is 1.17 bits per heavy atom.